The van der Waals surface area contributed by atoms with Crippen molar-refractivity contribution in [3.05, 3.63) is 64.7 Å². The molecule has 0 saturated heterocycles. The van der Waals surface area contributed by atoms with Crippen molar-refractivity contribution in [2.75, 3.05) is 12.8 Å². The predicted molar refractivity (Wildman–Crippen MR) is 92.4 cm³/mol. The first-order valence-electron chi connectivity index (χ1n) is 6.91. The second kappa shape index (κ2) is 6.50. The van der Waals surface area contributed by atoms with E-state index in [-0.39, 0.29) is 5.75 Å². The van der Waals surface area contributed by atoms with Crippen molar-refractivity contribution in [1.82, 2.24) is 10.2 Å². The van der Waals surface area contributed by atoms with Crippen molar-refractivity contribution in [1.29, 1.82) is 0 Å². The Morgan fingerprint density at radius 3 is 2.61 bits per heavy atom. The fourth-order valence-corrected chi connectivity index (χ4v) is 2.83. The third kappa shape index (κ3) is 3.32. The number of anilines is 1. The van der Waals surface area contributed by atoms with Crippen molar-refractivity contribution >= 4 is 28.1 Å². The van der Waals surface area contributed by atoms with E-state index < -0.39 is 0 Å². The number of ether oxygens (including phenoxy) is 1. The molecule has 0 unspecified atom stereocenters. The van der Waals surface area contributed by atoms with Gasteiger partial charge in [0.1, 0.15) is 5.01 Å². The van der Waals surface area contributed by atoms with E-state index in [4.69, 9.17) is 10.5 Å². The molecule has 6 heteroatoms. The molecule has 0 spiro atoms. The van der Waals surface area contributed by atoms with Gasteiger partial charge in [0.15, 0.2) is 11.5 Å². The fourth-order valence-electron chi connectivity index (χ4n) is 2.18. The van der Waals surface area contributed by atoms with Crippen molar-refractivity contribution in [3.8, 4) is 11.5 Å². The van der Waals surface area contributed by atoms with Crippen LogP contribution in [0.2, 0.25) is 0 Å². The highest BCUT2D eigenvalue weighted by Gasteiger charge is 2.11. The average molecular weight is 325 g/mol. The van der Waals surface area contributed by atoms with Crippen LogP contribution in [0.3, 0.4) is 0 Å². The van der Waals surface area contributed by atoms with Crippen LogP contribution in [0.1, 0.15) is 16.1 Å². The van der Waals surface area contributed by atoms with Gasteiger partial charge < -0.3 is 15.6 Å². The molecule has 0 aliphatic carbocycles. The lowest BCUT2D eigenvalue weighted by molar-refractivity contribution is 0.373. The van der Waals surface area contributed by atoms with Gasteiger partial charge in [0.05, 0.1) is 7.11 Å². The Morgan fingerprint density at radius 1 is 1.17 bits per heavy atom. The monoisotopic (exact) mass is 325 g/mol. The van der Waals surface area contributed by atoms with E-state index in [1.54, 1.807) is 12.1 Å². The summed E-state index contributed by atoms with van der Waals surface area (Å²) in [7, 11) is 1.52. The minimum absolute atomic E-state index is 0.103. The quantitative estimate of drug-likeness (QED) is 0.718. The number of methoxy groups -OCH3 is 1. The lowest BCUT2D eigenvalue weighted by Gasteiger charge is -2.07. The number of benzene rings is 2. The number of nitrogens with zero attached hydrogens (tertiary/aromatic N) is 2. The molecule has 116 valence electrons. The maximum atomic E-state index is 9.72. The van der Waals surface area contributed by atoms with E-state index in [1.165, 1.54) is 18.4 Å². The fraction of sp³-hybridized carbons (Fsp3) is 0.0588. The number of rotatable bonds is 4. The zero-order chi connectivity index (χ0) is 16.2. The Kier molecular flexibility index (Phi) is 4.25. The Hall–Kier alpha value is -2.86. The highest BCUT2D eigenvalue weighted by Crippen LogP contribution is 2.32. The van der Waals surface area contributed by atoms with E-state index in [0.717, 1.165) is 21.7 Å². The first-order chi connectivity index (χ1) is 11.2. The molecule has 0 aliphatic heterocycles. The van der Waals surface area contributed by atoms with Crippen LogP contribution >= 0.6 is 11.3 Å². The van der Waals surface area contributed by atoms with Crippen LogP contribution in [0.4, 0.5) is 5.13 Å². The number of aromatic nitrogens is 2. The highest BCUT2D eigenvalue weighted by molar-refractivity contribution is 7.16. The molecule has 0 saturated carbocycles. The van der Waals surface area contributed by atoms with E-state index in [1.807, 2.05) is 42.5 Å². The summed E-state index contributed by atoms with van der Waals surface area (Å²) in [5, 5.41) is 18.9. The summed E-state index contributed by atoms with van der Waals surface area (Å²) in [5.74, 6) is 0.522. The third-order valence-corrected chi connectivity index (χ3v) is 4.06. The zero-order valence-corrected chi connectivity index (χ0v) is 13.2. The maximum Gasteiger partial charge on any atom is 0.203 e. The van der Waals surface area contributed by atoms with Gasteiger partial charge in [0, 0.05) is 5.57 Å². The van der Waals surface area contributed by atoms with Gasteiger partial charge in [-0.3, -0.25) is 0 Å². The molecule has 0 atom stereocenters. The number of hydrogen-bond acceptors (Lipinski definition) is 6. The van der Waals surface area contributed by atoms with Crippen LogP contribution < -0.4 is 10.5 Å². The molecule has 1 aromatic heterocycles. The molecule has 23 heavy (non-hydrogen) atoms. The maximum absolute atomic E-state index is 9.72. The normalized spacial score (nSPS) is 11.4. The summed E-state index contributed by atoms with van der Waals surface area (Å²) in [6, 6.07) is 15.1. The van der Waals surface area contributed by atoms with Gasteiger partial charge in [-0.05, 0) is 29.3 Å². The van der Waals surface area contributed by atoms with Gasteiger partial charge >= 0.3 is 0 Å². The molecule has 2 aromatic carbocycles. The van der Waals surface area contributed by atoms with Crippen LogP contribution in [0.5, 0.6) is 11.5 Å². The predicted octanol–water partition coefficient (Wildman–Crippen LogP) is 3.42. The molecule has 5 nitrogen and oxygen atoms in total. The topological polar surface area (TPSA) is 81.3 Å². The largest absolute Gasteiger partial charge is 0.504 e. The van der Waals surface area contributed by atoms with Crippen LogP contribution in [-0.4, -0.2) is 22.4 Å². The summed E-state index contributed by atoms with van der Waals surface area (Å²) in [6.07, 6.45) is 1.97. The van der Waals surface area contributed by atoms with E-state index >= 15 is 0 Å². The summed E-state index contributed by atoms with van der Waals surface area (Å²) in [5.41, 5.74) is 8.52. The van der Waals surface area contributed by atoms with Gasteiger partial charge in [-0.2, -0.15) is 0 Å². The molecule has 0 aliphatic rings. The summed E-state index contributed by atoms with van der Waals surface area (Å²) >= 11 is 1.33. The van der Waals surface area contributed by atoms with Gasteiger partial charge in [-0.25, -0.2) is 0 Å². The number of phenolic OH excluding ortho intramolecular Hbond substituents is 1. The van der Waals surface area contributed by atoms with Crippen molar-refractivity contribution < 1.29 is 9.84 Å². The first-order valence-corrected chi connectivity index (χ1v) is 7.72. The molecule has 1 heterocycles. The van der Waals surface area contributed by atoms with E-state index in [9.17, 15) is 5.11 Å². The molecule has 0 fully saturated rings. The number of phenols is 1. The van der Waals surface area contributed by atoms with Gasteiger partial charge in [0.25, 0.3) is 0 Å². The van der Waals surface area contributed by atoms with Gasteiger partial charge in [-0.1, -0.05) is 47.7 Å². The first kappa shape index (κ1) is 15.1. The molecule has 3 rings (SSSR count). The second-order valence-electron chi connectivity index (χ2n) is 4.80. The summed E-state index contributed by atoms with van der Waals surface area (Å²) in [6.45, 7) is 0. The van der Waals surface area contributed by atoms with Crippen molar-refractivity contribution in [2.45, 2.75) is 0 Å². The number of aromatic hydroxyl groups is 1. The summed E-state index contributed by atoms with van der Waals surface area (Å²) < 4.78 is 5.16. The van der Waals surface area contributed by atoms with Gasteiger partial charge in [0.2, 0.25) is 5.13 Å². The molecule has 3 aromatic rings. The van der Waals surface area contributed by atoms with Crippen LogP contribution in [0.15, 0.2) is 48.5 Å². The Bertz CT molecular complexity index is 844. The smallest absolute Gasteiger partial charge is 0.203 e. The van der Waals surface area contributed by atoms with Crippen LogP contribution in [0, 0.1) is 0 Å². The number of nitrogen functional groups attached to an aromatic ring is 1. The lowest BCUT2D eigenvalue weighted by Crippen LogP contribution is -1.89. The Labute approximate surface area is 137 Å². The molecule has 0 amide bonds. The standard InChI is InChI=1S/C17H15N3O2S/c1-22-15-10-11(7-8-14(15)21)9-13(12-5-3-2-4-6-12)16-19-20-17(18)23-16/h2-10,21H,1H3,(H2,18,20)/b13-9+. The molecule has 0 bridgehead atoms. The van der Waals surface area contributed by atoms with E-state index in [2.05, 4.69) is 10.2 Å². The average Bonchev–Trinajstić information content (AvgIpc) is 3.01. The molecule has 3 N–H and O–H groups in total. The number of nitrogens with two attached hydrogens (primary N) is 1. The van der Waals surface area contributed by atoms with E-state index in [0.29, 0.717) is 10.9 Å². The van der Waals surface area contributed by atoms with Gasteiger partial charge in [-0.15, -0.1) is 10.2 Å². The molecular formula is C17H15N3O2S. The third-order valence-electron chi connectivity index (χ3n) is 3.27. The number of hydrogen-bond donors (Lipinski definition) is 2. The molecular weight excluding hydrogens is 310 g/mol. The summed E-state index contributed by atoms with van der Waals surface area (Å²) in [4.78, 5) is 0. The molecule has 0 radical (unpaired) electrons. The highest BCUT2D eigenvalue weighted by atomic mass is 32.1. The minimum Gasteiger partial charge on any atom is -0.504 e. The zero-order valence-electron chi connectivity index (χ0n) is 12.4. The second-order valence-corrected chi connectivity index (χ2v) is 5.81. The lowest BCUT2D eigenvalue weighted by atomic mass is 10.0. The SMILES string of the molecule is COc1cc(/C=C(\c2ccccc2)c2nnc(N)s2)ccc1O. The minimum atomic E-state index is 0.103. The van der Waals surface area contributed by atoms with Crippen molar-refractivity contribution in [3.63, 3.8) is 0 Å². The Balaban J connectivity index is 2.12. The van der Waals surface area contributed by atoms with Crippen molar-refractivity contribution in [2.24, 2.45) is 0 Å². The Morgan fingerprint density at radius 2 is 1.96 bits per heavy atom. The van der Waals surface area contributed by atoms with Crippen LogP contribution in [-0.2, 0) is 0 Å². The van der Waals surface area contributed by atoms with Crippen LogP contribution in [0.25, 0.3) is 11.6 Å².